The molecular formula is C22H19ClN4O4. The molecule has 3 aromatic rings. The van der Waals surface area contributed by atoms with Crippen LogP contribution < -0.4 is 24.0 Å². The zero-order valence-electron chi connectivity index (χ0n) is 16.6. The highest BCUT2D eigenvalue weighted by Gasteiger charge is 2.25. The maximum Gasteiger partial charge on any atom is 0.236 e. The first-order chi connectivity index (χ1) is 15.2. The number of anilines is 2. The van der Waals surface area contributed by atoms with Crippen LogP contribution in [0.25, 0.3) is 0 Å². The molecule has 1 saturated heterocycles. The lowest BCUT2D eigenvalue weighted by Crippen LogP contribution is -2.46. The van der Waals surface area contributed by atoms with E-state index in [4.69, 9.17) is 30.2 Å². The smallest absolute Gasteiger partial charge is 0.236 e. The Hall–Kier alpha value is -3.57. The number of halogens is 1. The highest BCUT2D eigenvalue weighted by molar-refractivity contribution is 6.30. The van der Waals surface area contributed by atoms with Crippen molar-refractivity contribution in [2.45, 2.75) is 6.61 Å². The second-order valence-electron chi connectivity index (χ2n) is 7.13. The maximum absolute atomic E-state index is 9.52. The highest BCUT2D eigenvalue weighted by atomic mass is 35.5. The molecule has 0 atom stereocenters. The normalized spacial score (nSPS) is 15.1. The minimum Gasteiger partial charge on any atom is -0.484 e. The van der Waals surface area contributed by atoms with Crippen molar-refractivity contribution < 1.29 is 18.6 Å². The Kier molecular flexibility index (Phi) is 5.18. The Morgan fingerprint density at radius 2 is 1.84 bits per heavy atom. The molecule has 0 spiro atoms. The fraction of sp³-hybridized carbons (Fsp3) is 0.273. The molecule has 3 heterocycles. The van der Waals surface area contributed by atoms with E-state index in [1.165, 1.54) is 0 Å². The summed E-state index contributed by atoms with van der Waals surface area (Å²) in [4.78, 5) is 8.60. The Labute approximate surface area is 184 Å². The van der Waals surface area contributed by atoms with Crippen molar-refractivity contribution in [2.24, 2.45) is 0 Å². The Bertz CT molecular complexity index is 1130. The van der Waals surface area contributed by atoms with Gasteiger partial charge in [0.1, 0.15) is 11.8 Å². The molecule has 2 aliphatic heterocycles. The van der Waals surface area contributed by atoms with Gasteiger partial charge in [-0.25, -0.2) is 0 Å². The number of nitrogens with zero attached hydrogens (tertiary/aromatic N) is 4. The van der Waals surface area contributed by atoms with E-state index in [2.05, 4.69) is 16.0 Å². The number of piperazine rings is 1. The summed E-state index contributed by atoms with van der Waals surface area (Å²) in [6, 6.07) is 15.3. The van der Waals surface area contributed by atoms with E-state index < -0.39 is 0 Å². The SMILES string of the molecule is N#Cc1nc(COc2ccc3c(c2)OCO3)oc1N1CCN(c2cccc(Cl)c2)CC1. The molecule has 8 nitrogen and oxygen atoms in total. The fourth-order valence-corrected chi connectivity index (χ4v) is 3.84. The van der Waals surface area contributed by atoms with Crippen LogP contribution >= 0.6 is 11.6 Å². The quantitative estimate of drug-likeness (QED) is 0.594. The van der Waals surface area contributed by atoms with Gasteiger partial charge in [0, 0.05) is 43.0 Å². The molecule has 31 heavy (non-hydrogen) atoms. The number of hydrogen-bond acceptors (Lipinski definition) is 8. The van der Waals surface area contributed by atoms with Crippen LogP contribution in [0.1, 0.15) is 11.6 Å². The molecule has 1 fully saturated rings. The monoisotopic (exact) mass is 438 g/mol. The van der Waals surface area contributed by atoms with Gasteiger partial charge in [-0.2, -0.15) is 10.2 Å². The number of ether oxygens (including phenoxy) is 3. The van der Waals surface area contributed by atoms with E-state index in [1.807, 2.05) is 29.2 Å². The summed E-state index contributed by atoms with van der Waals surface area (Å²) in [6.45, 7) is 3.30. The van der Waals surface area contributed by atoms with Gasteiger partial charge in [0.05, 0.1) is 0 Å². The van der Waals surface area contributed by atoms with E-state index in [9.17, 15) is 5.26 Å². The molecule has 0 amide bonds. The summed E-state index contributed by atoms with van der Waals surface area (Å²) >= 11 is 6.11. The maximum atomic E-state index is 9.52. The van der Waals surface area contributed by atoms with Crippen LogP contribution in [0.3, 0.4) is 0 Å². The summed E-state index contributed by atoms with van der Waals surface area (Å²) < 4.78 is 22.3. The minimum atomic E-state index is 0.108. The molecule has 0 bridgehead atoms. The average Bonchev–Trinajstić information content (AvgIpc) is 3.44. The van der Waals surface area contributed by atoms with Crippen LogP contribution in [0.5, 0.6) is 17.2 Å². The molecule has 0 radical (unpaired) electrons. The third-order valence-corrected chi connectivity index (χ3v) is 5.44. The van der Waals surface area contributed by atoms with E-state index in [0.29, 0.717) is 47.1 Å². The van der Waals surface area contributed by atoms with E-state index in [0.717, 1.165) is 18.8 Å². The molecule has 2 aliphatic rings. The summed E-state index contributed by atoms with van der Waals surface area (Å²) in [5.41, 5.74) is 1.35. The molecule has 9 heteroatoms. The number of rotatable bonds is 5. The Balaban J connectivity index is 1.24. The lowest BCUT2D eigenvalue weighted by molar-refractivity contribution is 0.173. The van der Waals surface area contributed by atoms with Crippen LogP contribution in [-0.4, -0.2) is 38.0 Å². The van der Waals surface area contributed by atoms with E-state index >= 15 is 0 Å². The molecule has 0 saturated carbocycles. The van der Waals surface area contributed by atoms with Crippen molar-refractivity contribution in [1.82, 2.24) is 4.98 Å². The minimum absolute atomic E-state index is 0.108. The zero-order valence-corrected chi connectivity index (χ0v) is 17.3. The number of fused-ring (bicyclic) bond motifs is 1. The number of hydrogen-bond donors (Lipinski definition) is 0. The topological polar surface area (TPSA) is 84.0 Å². The van der Waals surface area contributed by atoms with Crippen molar-refractivity contribution in [1.29, 1.82) is 5.26 Å². The predicted molar refractivity (Wildman–Crippen MR) is 114 cm³/mol. The van der Waals surface area contributed by atoms with Crippen LogP contribution in [0.2, 0.25) is 5.02 Å². The number of oxazole rings is 1. The molecule has 1 aromatic heterocycles. The zero-order chi connectivity index (χ0) is 21.2. The van der Waals surface area contributed by atoms with Crippen molar-refractivity contribution in [2.75, 3.05) is 42.8 Å². The number of benzene rings is 2. The second kappa shape index (κ2) is 8.28. The van der Waals surface area contributed by atoms with E-state index in [-0.39, 0.29) is 19.1 Å². The Morgan fingerprint density at radius 3 is 2.65 bits per heavy atom. The van der Waals surface area contributed by atoms with Gasteiger partial charge in [0.2, 0.25) is 24.3 Å². The summed E-state index contributed by atoms with van der Waals surface area (Å²) in [7, 11) is 0. The summed E-state index contributed by atoms with van der Waals surface area (Å²) in [5, 5.41) is 10.2. The van der Waals surface area contributed by atoms with Gasteiger partial charge in [0.15, 0.2) is 18.1 Å². The average molecular weight is 439 g/mol. The summed E-state index contributed by atoms with van der Waals surface area (Å²) in [5.74, 6) is 2.77. The molecule has 0 N–H and O–H groups in total. The van der Waals surface area contributed by atoms with Crippen molar-refractivity contribution in [3.8, 4) is 23.3 Å². The van der Waals surface area contributed by atoms with Gasteiger partial charge >= 0.3 is 0 Å². The van der Waals surface area contributed by atoms with E-state index in [1.54, 1.807) is 18.2 Å². The highest BCUT2D eigenvalue weighted by Crippen LogP contribution is 2.35. The fourth-order valence-electron chi connectivity index (χ4n) is 3.66. The molecular weight excluding hydrogens is 420 g/mol. The molecule has 158 valence electrons. The van der Waals surface area contributed by atoms with Crippen LogP contribution in [0.4, 0.5) is 11.6 Å². The lowest BCUT2D eigenvalue weighted by Gasteiger charge is -2.35. The van der Waals surface area contributed by atoms with Crippen molar-refractivity contribution >= 4 is 23.2 Å². The Morgan fingerprint density at radius 1 is 1.03 bits per heavy atom. The second-order valence-corrected chi connectivity index (χ2v) is 7.57. The first kappa shape index (κ1) is 19.4. The predicted octanol–water partition coefficient (Wildman–Crippen LogP) is 3.83. The van der Waals surface area contributed by atoms with Crippen LogP contribution in [0.15, 0.2) is 46.9 Å². The van der Waals surface area contributed by atoms with Crippen LogP contribution in [0, 0.1) is 11.3 Å². The standard InChI is InChI=1S/C22H19ClN4O4/c23-15-2-1-3-16(10-15)26-6-8-27(9-7-26)22-18(12-24)25-21(31-22)13-28-17-4-5-19-20(11-17)30-14-29-19/h1-5,10-11H,6-9,13-14H2. The van der Waals surface area contributed by atoms with Gasteiger partial charge in [0.25, 0.3) is 0 Å². The van der Waals surface area contributed by atoms with Gasteiger partial charge in [-0.3, -0.25) is 0 Å². The lowest BCUT2D eigenvalue weighted by atomic mass is 10.2. The van der Waals surface area contributed by atoms with Crippen molar-refractivity contribution in [3.05, 3.63) is 59.1 Å². The van der Waals surface area contributed by atoms with Gasteiger partial charge in [-0.05, 0) is 30.3 Å². The largest absolute Gasteiger partial charge is 0.484 e. The number of nitriles is 1. The molecule has 5 rings (SSSR count). The van der Waals surface area contributed by atoms with Crippen molar-refractivity contribution in [3.63, 3.8) is 0 Å². The third-order valence-electron chi connectivity index (χ3n) is 5.21. The molecule has 0 unspecified atom stereocenters. The summed E-state index contributed by atoms with van der Waals surface area (Å²) in [6.07, 6.45) is 0. The third kappa shape index (κ3) is 4.05. The molecule has 2 aromatic carbocycles. The molecule has 0 aliphatic carbocycles. The van der Waals surface area contributed by atoms with Gasteiger partial charge < -0.3 is 28.4 Å². The van der Waals surface area contributed by atoms with Gasteiger partial charge in [-0.15, -0.1) is 0 Å². The first-order valence-corrected chi connectivity index (χ1v) is 10.2. The first-order valence-electron chi connectivity index (χ1n) is 9.87. The van der Waals surface area contributed by atoms with Gasteiger partial charge in [-0.1, -0.05) is 17.7 Å². The van der Waals surface area contributed by atoms with Crippen LogP contribution in [-0.2, 0) is 6.61 Å². The number of aromatic nitrogens is 1.